The first-order valence-electron chi connectivity index (χ1n) is 6.55. The molecule has 1 aliphatic heterocycles. The van der Waals surface area contributed by atoms with E-state index < -0.39 is 29.6 Å². The number of likely N-dealkylation sites (tertiary alicyclic amines) is 1. The van der Waals surface area contributed by atoms with E-state index in [0.717, 1.165) is 6.07 Å². The number of nitrogens with one attached hydrogen (secondary N) is 1. The van der Waals surface area contributed by atoms with Gasteiger partial charge in [-0.2, -0.15) is 0 Å². The van der Waals surface area contributed by atoms with Gasteiger partial charge in [-0.1, -0.05) is 12.1 Å². The summed E-state index contributed by atoms with van der Waals surface area (Å²) in [6.45, 7) is 0.00230. The van der Waals surface area contributed by atoms with Crippen LogP contribution in [-0.4, -0.2) is 46.9 Å². The first-order chi connectivity index (χ1) is 10.0. The number of carbonyl (C=O) groups excluding carboxylic acids is 2. The molecule has 2 rings (SSSR count). The van der Waals surface area contributed by atoms with Crippen molar-refractivity contribution in [2.45, 2.75) is 18.9 Å². The molecule has 21 heavy (non-hydrogen) atoms. The maximum absolute atomic E-state index is 13.4. The van der Waals surface area contributed by atoms with Crippen molar-refractivity contribution >= 4 is 17.8 Å². The Balaban J connectivity index is 1.94. The second kappa shape index (κ2) is 6.34. The lowest BCUT2D eigenvalue weighted by atomic mass is 10.2. The summed E-state index contributed by atoms with van der Waals surface area (Å²) in [5.74, 6) is -2.91. The fraction of sp³-hybridized carbons (Fsp3) is 0.357. The van der Waals surface area contributed by atoms with Gasteiger partial charge in [0.15, 0.2) is 0 Å². The lowest BCUT2D eigenvalue weighted by molar-refractivity contribution is -0.147. The van der Waals surface area contributed by atoms with E-state index in [1.165, 1.54) is 23.1 Å². The Morgan fingerprint density at radius 2 is 2.05 bits per heavy atom. The third-order valence-electron chi connectivity index (χ3n) is 3.38. The standard InChI is InChI=1S/C14H15FN2O4/c15-10-5-2-1-4-9(10)13(19)16-8-12(18)17-7-3-6-11(17)14(20)21/h1-2,4-5,11H,3,6-8H2,(H,16,19)(H,20,21)/t11-/m1/s1. The average Bonchev–Trinajstić information content (AvgIpc) is 2.94. The Bertz CT molecular complexity index is 576. The van der Waals surface area contributed by atoms with Crippen LogP contribution in [-0.2, 0) is 9.59 Å². The topological polar surface area (TPSA) is 86.7 Å². The summed E-state index contributed by atoms with van der Waals surface area (Å²) >= 11 is 0. The number of aliphatic carboxylic acids is 1. The van der Waals surface area contributed by atoms with E-state index >= 15 is 0 Å². The van der Waals surface area contributed by atoms with Gasteiger partial charge in [0.05, 0.1) is 12.1 Å². The maximum Gasteiger partial charge on any atom is 0.326 e. The molecular weight excluding hydrogens is 279 g/mol. The second-order valence-corrected chi connectivity index (χ2v) is 4.75. The molecule has 2 amide bonds. The van der Waals surface area contributed by atoms with E-state index in [4.69, 9.17) is 5.11 Å². The fourth-order valence-corrected chi connectivity index (χ4v) is 2.32. The number of carboxylic acids is 1. The maximum atomic E-state index is 13.4. The summed E-state index contributed by atoms with van der Waals surface area (Å²) in [5.41, 5.74) is -0.151. The summed E-state index contributed by atoms with van der Waals surface area (Å²) in [4.78, 5) is 35.9. The molecule has 0 spiro atoms. The van der Waals surface area contributed by atoms with Gasteiger partial charge in [0.1, 0.15) is 11.9 Å². The van der Waals surface area contributed by atoms with Crippen LogP contribution in [0.2, 0.25) is 0 Å². The molecule has 0 aromatic heterocycles. The molecule has 7 heteroatoms. The highest BCUT2D eigenvalue weighted by Crippen LogP contribution is 2.17. The van der Waals surface area contributed by atoms with Crippen LogP contribution in [0.15, 0.2) is 24.3 Å². The third kappa shape index (κ3) is 3.36. The highest BCUT2D eigenvalue weighted by molar-refractivity contribution is 5.97. The Hall–Kier alpha value is -2.44. The molecule has 0 radical (unpaired) electrons. The van der Waals surface area contributed by atoms with Crippen LogP contribution in [0.1, 0.15) is 23.2 Å². The summed E-state index contributed by atoms with van der Waals surface area (Å²) < 4.78 is 13.4. The lowest BCUT2D eigenvalue weighted by Crippen LogP contribution is -2.45. The zero-order valence-corrected chi connectivity index (χ0v) is 11.2. The molecule has 0 bridgehead atoms. The van der Waals surface area contributed by atoms with Crippen molar-refractivity contribution < 1.29 is 23.9 Å². The Morgan fingerprint density at radius 3 is 2.71 bits per heavy atom. The minimum atomic E-state index is -1.05. The molecule has 1 aromatic carbocycles. The number of rotatable bonds is 4. The second-order valence-electron chi connectivity index (χ2n) is 4.75. The van der Waals surface area contributed by atoms with Crippen LogP contribution < -0.4 is 5.32 Å². The zero-order chi connectivity index (χ0) is 15.4. The van der Waals surface area contributed by atoms with Crippen LogP contribution in [0.5, 0.6) is 0 Å². The van der Waals surface area contributed by atoms with Crippen molar-refractivity contribution in [3.05, 3.63) is 35.6 Å². The molecule has 2 N–H and O–H groups in total. The number of nitrogens with zero attached hydrogens (tertiary/aromatic N) is 1. The van der Waals surface area contributed by atoms with Crippen molar-refractivity contribution in [1.82, 2.24) is 10.2 Å². The van der Waals surface area contributed by atoms with Gasteiger partial charge in [-0.15, -0.1) is 0 Å². The quantitative estimate of drug-likeness (QED) is 0.853. The van der Waals surface area contributed by atoms with Gasteiger partial charge >= 0.3 is 5.97 Å². The van der Waals surface area contributed by atoms with Crippen molar-refractivity contribution in [1.29, 1.82) is 0 Å². The van der Waals surface area contributed by atoms with Gasteiger partial charge in [0.2, 0.25) is 5.91 Å². The van der Waals surface area contributed by atoms with E-state index in [0.29, 0.717) is 19.4 Å². The number of carboxylic acid groups (broad SMARTS) is 1. The largest absolute Gasteiger partial charge is 0.480 e. The van der Waals surface area contributed by atoms with Crippen molar-refractivity contribution in [2.75, 3.05) is 13.1 Å². The molecule has 6 nitrogen and oxygen atoms in total. The van der Waals surface area contributed by atoms with Crippen LogP contribution in [0.25, 0.3) is 0 Å². The van der Waals surface area contributed by atoms with E-state index in [2.05, 4.69) is 5.32 Å². The molecule has 0 aliphatic carbocycles. The Morgan fingerprint density at radius 1 is 1.33 bits per heavy atom. The van der Waals surface area contributed by atoms with Crippen LogP contribution in [0.3, 0.4) is 0 Å². The molecule has 1 atom stereocenters. The molecular formula is C14H15FN2O4. The van der Waals surface area contributed by atoms with Crippen LogP contribution >= 0.6 is 0 Å². The fourth-order valence-electron chi connectivity index (χ4n) is 2.32. The molecule has 1 aromatic rings. The number of halogens is 1. The first kappa shape index (κ1) is 15.0. The molecule has 1 fully saturated rings. The molecule has 0 saturated carbocycles. The monoisotopic (exact) mass is 294 g/mol. The Labute approximate surface area is 120 Å². The van der Waals surface area contributed by atoms with Crippen molar-refractivity contribution in [2.24, 2.45) is 0 Å². The average molecular weight is 294 g/mol. The predicted molar refractivity (Wildman–Crippen MR) is 71.1 cm³/mol. The summed E-state index contributed by atoms with van der Waals surface area (Å²) in [7, 11) is 0. The number of hydrogen-bond donors (Lipinski definition) is 2. The molecule has 1 heterocycles. The lowest BCUT2D eigenvalue weighted by Gasteiger charge is -2.21. The molecule has 1 saturated heterocycles. The van der Waals surface area contributed by atoms with E-state index in [1.807, 2.05) is 0 Å². The highest BCUT2D eigenvalue weighted by Gasteiger charge is 2.33. The predicted octanol–water partition coefficient (Wildman–Crippen LogP) is 0.631. The van der Waals surface area contributed by atoms with Gasteiger partial charge < -0.3 is 15.3 Å². The van der Waals surface area contributed by atoms with E-state index in [-0.39, 0.29) is 12.1 Å². The highest BCUT2D eigenvalue weighted by atomic mass is 19.1. The van der Waals surface area contributed by atoms with Gasteiger partial charge in [-0.05, 0) is 25.0 Å². The summed E-state index contributed by atoms with van der Waals surface area (Å²) in [6, 6.07) is 4.59. The Kier molecular flexibility index (Phi) is 4.52. The van der Waals surface area contributed by atoms with Gasteiger partial charge in [-0.25, -0.2) is 9.18 Å². The number of carbonyl (C=O) groups is 3. The minimum absolute atomic E-state index is 0.151. The first-order valence-corrected chi connectivity index (χ1v) is 6.55. The summed E-state index contributed by atoms with van der Waals surface area (Å²) in [6.07, 6.45) is 1.02. The van der Waals surface area contributed by atoms with Gasteiger partial charge in [0, 0.05) is 6.54 Å². The van der Waals surface area contributed by atoms with Gasteiger partial charge in [0.25, 0.3) is 5.91 Å². The zero-order valence-electron chi connectivity index (χ0n) is 11.2. The van der Waals surface area contributed by atoms with Crippen molar-refractivity contribution in [3.8, 4) is 0 Å². The normalized spacial score (nSPS) is 17.6. The molecule has 1 aliphatic rings. The minimum Gasteiger partial charge on any atom is -0.480 e. The van der Waals surface area contributed by atoms with Gasteiger partial charge in [-0.3, -0.25) is 9.59 Å². The summed E-state index contributed by atoms with van der Waals surface area (Å²) in [5, 5.41) is 11.3. The number of benzene rings is 1. The smallest absolute Gasteiger partial charge is 0.326 e. The SMILES string of the molecule is O=C(NCC(=O)N1CCC[C@@H]1C(=O)O)c1ccccc1F. The number of hydrogen-bond acceptors (Lipinski definition) is 3. The van der Waals surface area contributed by atoms with Crippen molar-refractivity contribution in [3.63, 3.8) is 0 Å². The molecule has 112 valence electrons. The molecule has 0 unspecified atom stereocenters. The van der Waals surface area contributed by atoms with E-state index in [1.54, 1.807) is 0 Å². The third-order valence-corrected chi connectivity index (χ3v) is 3.38. The number of amides is 2. The van der Waals surface area contributed by atoms with E-state index in [9.17, 15) is 18.8 Å². The van der Waals surface area contributed by atoms with Crippen LogP contribution in [0, 0.1) is 5.82 Å². The van der Waals surface area contributed by atoms with Crippen LogP contribution in [0.4, 0.5) is 4.39 Å².